The molecule has 3 heteroatoms. The first-order valence-corrected chi connectivity index (χ1v) is 6.32. The Labute approximate surface area is 89.7 Å². The van der Waals surface area contributed by atoms with Crippen LogP contribution in [0.25, 0.3) is 0 Å². The predicted octanol–water partition coefficient (Wildman–Crippen LogP) is 3.01. The van der Waals surface area contributed by atoms with Crippen LogP contribution in [0.15, 0.2) is 0 Å². The van der Waals surface area contributed by atoms with Crippen LogP contribution in [0.3, 0.4) is 0 Å². The highest BCUT2D eigenvalue weighted by atomic mass is 127. The summed E-state index contributed by atoms with van der Waals surface area (Å²) < 4.78 is 1.91. The Balaban J connectivity index is 0. The van der Waals surface area contributed by atoms with Gasteiger partial charge in [-0.1, -0.05) is 34.9 Å². The van der Waals surface area contributed by atoms with Gasteiger partial charge in [0.05, 0.1) is 6.54 Å². The van der Waals surface area contributed by atoms with E-state index in [1.165, 1.54) is 0 Å². The molecule has 0 heterocycles. The Bertz CT molecular complexity index is 158. The molecule has 2 nitrogen and oxygen atoms in total. The maximum absolute atomic E-state index is 6.99. The molecule has 0 atom stereocenters. The van der Waals surface area contributed by atoms with Gasteiger partial charge in [0.1, 0.15) is 5.54 Å². The Kier molecular flexibility index (Phi) is 9.44. The molecule has 0 spiro atoms. The monoisotopic (exact) mass is 283 g/mol. The molecule has 0 saturated heterocycles. The van der Waals surface area contributed by atoms with Crippen molar-refractivity contribution in [2.75, 3.05) is 11.5 Å². The van der Waals surface area contributed by atoms with E-state index in [0.717, 1.165) is 13.0 Å². The Morgan fingerprint density at radius 1 is 1.33 bits per heavy atom. The van der Waals surface area contributed by atoms with Crippen molar-refractivity contribution in [3.8, 4) is 0 Å². The third-order valence-corrected chi connectivity index (χ3v) is 2.05. The summed E-state index contributed by atoms with van der Waals surface area (Å²) in [7, 11) is 0. The second-order valence-corrected chi connectivity index (χ2v) is 3.02. The minimum atomic E-state index is 0.0938. The predicted molar refractivity (Wildman–Crippen MR) is 62.8 cm³/mol. The molecule has 0 radical (unpaired) electrons. The average Bonchev–Trinajstić information content (AvgIpc) is 2.10. The van der Waals surface area contributed by atoms with Gasteiger partial charge in [0, 0.05) is 0 Å². The second kappa shape index (κ2) is 7.74. The number of halogens is 1. The summed E-state index contributed by atoms with van der Waals surface area (Å²) >= 11 is 2.15. The maximum atomic E-state index is 6.99. The molecule has 0 rings (SSSR count). The molecule has 0 aromatic heterocycles. The van der Waals surface area contributed by atoms with Crippen molar-refractivity contribution >= 4 is 28.6 Å². The topological polar surface area (TPSA) is 26.9 Å². The van der Waals surface area contributed by atoms with E-state index < -0.39 is 0 Å². The maximum Gasteiger partial charge on any atom is 0.304 e. The SMILES string of the molecule is CC[N+](=C=N)C(C)(C)CC.CI. The summed E-state index contributed by atoms with van der Waals surface area (Å²) in [5.74, 6) is 0. The third-order valence-electron chi connectivity index (χ3n) is 2.05. The number of hydrogen-bond donors (Lipinski definition) is 1. The lowest BCUT2D eigenvalue weighted by Crippen LogP contribution is -2.34. The zero-order valence-corrected chi connectivity index (χ0v) is 10.9. The summed E-state index contributed by atoms with van der Waals surface area (Å²) in [6, 6.07) is 2.43. The normalized spacial score (nSPS) is 9.50. The molecule has 0 aromatic rings. The summed E-state index contributed by atoms with van der Waals surface area (Å²) in [4.78, 5) is 1.97. The van der Waals surface area contributed by atoms with Crippen molar-refractivity contribution in [3.63, 3.8) is 0 Å². The van der Waals surface area contributed by atoms with E-state index in [0.29, 0.717) is 0 Å². The largest absolute Gasteiger partial charge is 0.304 e. The fraction of sp³-hybridized carbons (Fsp3) is 0.889. The second-order valence-electron chi connectivity index (χ2n) is 3.02. The molecular weight excluding hydrogens is 263 g/mol. The van der Waals surface area contributed by atoms with Gasteiger partial charge >= 0.3 is 6.01 Å². The van der Waals surface area contributed by atoms with E-state index >= 15 is 0 Å². The molecule has 0 bridgehead atoms. The van der Waals surface area contributed by atoms with Crippen LogP contribution in [-0.4, -0.2) is 27.6 Å². The summed E-state index contributed by atoms with van der Waals surface area (Å²) in [5, 5.41) is 6.99. The van der Waals surface area contributed by atoms with E-state index in [1.54, 1.807) is 0 Å². The molecule has 0 amide bonds. The number of hydrogen-bond acceptors (Lipinski definition) is 1. The quantitative estimate of drug-likeness (QED) is 0.357. The summed E-state index contributed by atoms with van der Waals surface area (Å²) in [6.07, 6.45) is 1.05. The fourth-order valence-corrected chi connectivity index (χ4v) is 0.849. The first-order valence-electron chi connectivity index (χ1n) is 4.16. The van der Waals surface area contributed by atoms with E-state index in [9.17, 15) is 0 Å². The Morgan fingerprint density at radius 2 is 1.75 bits per heavy atom. The van der Waals surface area contributed by atoms with Gasteiger partial charge < -0.3 is 0 Å². The molecule has 0 aromatic carbocycles. The fourth-order valence-electron chi connectivity index (χ4n) is 0.849. The summed E-state index contributed by atoms with van der Waals surface area (Å²) in [6.45, 7) is 9.28. The molecule has 0 saturated carbocycles. The van der Waals surface area contributed by atoms with Gasteiger partial charge in [-0.15, -0.1) is 0 Å². The Morgan fingerprint density at radius 3 is 1.83 bits per heavy atom. The zero-order chi connectivity index (χ0) is 10.2. The molecule has 72 valence electrons. The van der Waals surface area contributed by atoms with Gasteiger partial charge in [-0.25, -0.2) is 4.58 Å². The van der Waals surface area contributed by atoms with Gasteiger partial charge in [0.25, 0.3) is 0 Å². The van der Waals surface area contributed by atoms with Gasteiger partial charge in [-0.3, -0.25) is 0 Å². The van der Waals surface area contributed by atoms with Gasteiger partial charge in [-0.2, -0.15) is 0 Å². The van der Waals surface area contributed by atoms with E-state index in [-0.39, 0.29) is 5.54 Å². The van der Waals surface area contributed by atoms with Crippen molar-refractivity contribution in [2.45, 2.75) is 39.7 Å². The van der Waals surface area contributed by atoms with E-state index in [2.05, 4.69) is 49.4 Å². The molecule has 0 aliphatic carbocycles. The molecule has 0 unspecified atom stereocenters. The highest BCUT2D eigenvalue weighted by Crippen LogP contribution is 2.11. The lowest BCUT2D eigenvalue weighted by molar-refractivity contribution is -0.593. The van der Waals surface area contributed by atoms with Gasteiger partial charge in [0.2, 0.25) is 0 Å². The van der Waals surface area contributed by atoms with Gasteiger partial charge in [0.15, 0.2) is 0 Å². The van der Waals surface area contributed by atoms with Crippen LogP contribution in [0, 0.1) is 5.41 Å². The summed E-state index contributed by atoms with van der Waals surface area (Å²) in [5.41, 5.74) is 0.0938. The minimum Gasteiger partial charge on any atom is -0.216 e. The smallest absolute Gasteiger partial charge is 0.216 e. The molecule has 0 aliphatic rings. The van der Waals surface area contributed by atoms with Crippen LogP contribution in [-0.2, 0) is 0 Å². The Hall–Kier alpha value is 0.110. The lowest BCUT2D eigenvalue weighted by Gasteiger charge is -2.20. The number of nitrogens with zero attached hydrogens (tertiary/aromatic N) is 1. The molecule has 1 N–H and O–H groups in total. The average molecular weight is 283 g/mol. The van der Waals surface area contributed by atoms with Crippen molar-refractivity contribution in [2.24, 2.45) is 0 Å². The van der Waals surface area contributed by atoms with Crippen LogP contribution in [0.2, 0.25) is 0 Å². The molecule has 12 heavy (non-hydrogen) atoms. The number of rotatable bonds is 3. The van der Waals surface area contributed by atoms with Crippen molar-refractivity contribution in [1.29, 1.82) is 5.41 Å². The minimum absolute atomic E-state index is 0.0938. The third kappa shape index (κ3) is 4.88. The van der Waals surface area contributed by atoms with Crippen molar-refractivity contribution in [3.05, 3.63) is 0 Å². The number of alkyl halides is 1. The lowest BCUT2D eigenvalue weighted by atomic mass is 10.0. The number of nitrogens with one attached hydrogen (secondary N) is 1. The zero-order valence-electron chi connectivity index (χ0n) is 8.74. The first kappa shape index (κ1) is 14.6. The van der Waals surface area contributed by atoms with E-state index in [1.807, 2.05) is 16.4 Å². The van der Waals surface area contributed by atoms with Crippen LogP contribution in [0.1, 0.15) is 34.1 Å². The molecule has 0 fully saturated rings. The molecule has 0 aliphatic heterocycles. The standard InChI is InChI=1S/C8H17N2.CH3I/c1-5-8(3,4)10(6-2)7-9;1-2/h9H,5-6H2,1-4H3;1H3/q+1;. The van der Waals surface area contributed by atoms with Crippen LogP contribution in [0.5, 0.6) is 0 Å². The van der Waals surface area contributed by atoms with Crippen molar-refractivity contribution < 1.29 is 4.58 Å². The van der Waals surface area contributed by atoms with Crippen LogP contribution < -0.4 is 0 Å². The highest BCUT2D eigenvalue weighted by Gasteiger charge is 2.22. The highest BCUT2D eigenvalue weighted by molar-refractivity contribution is 14.1. The van der Waals surface area contributed by atoms with Crippen LogP contribution in [0.4, 0.5) is 0 Å². The molecular formula is C9H20IN2+. The van der Waals surface area contributed by atoms with Crippen LogP contribution >= 0.6 is 22.6 Å². The van der Waals surface area contributed by atoms with E-state index in [4.69, 9.17) is 5.41 Å². The first-order chi connectivity index (χ1) is 5.58. The van der Waals surface area contributed by atoms with Gasteiger partial charge in [-0.05, 0) is 32.1 Å². The van der Waals surface area contributed by atoms with Crippen molar-refractivity contribution in [1.82, 2.24) is 0 Å².